The van der Waals surface area contributed by atoms with Crippen LogP contribution in [-0.4, -0.2) is 23.7 Å². The molecule has 1 rings (SSSR count). The molecule has 0 aliphatic heterocycles. The highest BCUT2D eigenvalue weighted by Gasteiger charge is 2.15. The molecule has 0 saturated carbocycles. The van der Waals surface area contributed by atoms with Crippen LogP contribution in [0.5, 0.6) is 0 Å². The number of esters is 1. The summed E-state index contributed by atoms with van der Waals surface area (Å²) in [5.74, 6) is -2.52. The molecular weight excluding hydrogens is 217 g/mol. The topological polar surface area (TPSA) is 75.6 Å². The summed E-state index contributed by atoms with van der Waals surface area (Å²) in [6, 6.07) is 3.18. The van der Waals surface area contributed by atoms with Crippen molar-refractivity contribution in [3.05, 3.63) is 35.1 Å². The number of carbonyl (C=O) groups is 2. The molecule has 0 heterocycles. The lowest BCUT2D eigenvalue weighted by atomic mass is 10.1. The van der Waals surface area contributed by atoms with Crippen LogP contribution in [0.25, 0.3) is 0 Å². The fraction of sp³-hybridized carbons (Fsp3) is 0.200. The van der Waals surface area contributed by atoms with Gasteiger partial charge in [-0.05, 0) is 25.1 Å². The van der Waals surface area contributed by atoms with E-state index in [0.29, 0.717) is 0 Å². The Morgan fingerprint density at radius 1 is 1.50 bits per heavy atom. The number of halogens is 1. The maximum atomic E-state index is 13.4. The molecule has 2 N–H and O–H groups in total. The van der Waals surface area contributed by atoms with E-state index in [2.05, 4.69) is 4.74 Å². The number of nitrogens with one attached hydrogen (secondary N) is 1. The van der Waals surface area contributed by atoms with Crippen molar-refractivity contribution in [2.45, 2.75) is 6.92 Å². The highest BCUT2D eigenvalue weighted by molar-refractivity contribution is 5.95. The van der Waals surface area contributed by atoms with Gasteiger partial charge in [-0.15, -0.1) is 0 Å². The van der Waals surface area contributed by atoms with Gasteiger partial charge in [0.15, 0.2) is 0 Å². The number of rotatable bonds is 3. The van der Waals surface area contributed by atoms with Gasteiger partial charge in [0.2, 0.25) is 0 Å². The Labute approximate surface area is 90.8 Å². The maximum Gasteiger partial charge on any atom is 0.341 e. The van der Waals surface area contributed by atoms with Crippen LogP contribution in [0.4, 0.5) is 4.39 Å². The number of hydrogen-bond acceptors (Lipinski definition) is 4. The van der Waals surface area contributed by atoms with Crippen molar-refractivity contribution < 1.29 is 23.9 Å². The molecule has 0 aromatic heterocycles. The first-order valence-corrected chi connectivity index (χ1v) is 4.51. The molecule has 0 fully saturated rings. The molecule has 0 aliphatic carbocycles. The highest BCUT2D eigenvalue weighted by atomic mass is 19.1. The monoisotopic (exact) mass is 227 g/mol. The number of hydrogen-bond donors (Lipinski definition) is 2. The molecule has 0 spiro atoms. The Morgan fingerprint density at radius 3 is 2.69 bits per heavy atom. The number of ether oxygens (including phenoxy) is 1. The average molecular weight is 227 g/mol. The van der Waals surface area contributed by atoms with Gasteiger partial charge >= 0.3 is 5.97 Å². The molecule has 0 aliphatic rings. The minimum Gasteiger partial charge on any atom is -0.462 e. The predicted octanol–water partition coefficient (Wildman–Crippen LogP) is 1.12. The van der Waals surface area contributed by atoms with E-state index in [1.807, 2.05) is 0 Å². The van der Waals surface area contributed by atoms with Crippen LogP contribution in [0.15, 0.2) is 18.2 Å². The summed E-state index contributed by atoms with van der Waals surface area (Å²) < 4.78 is 18.0. The minimum atomic E-state index is -0.875. The van der Waals surface area contributed by atoms with E-state index in [4.69, 9.17) is 5.21 Å². The maximum absolute atomic E-state index is 13.4. The second kappa shape index (κ2) is 5.22. The lowest BCUT2D eigenvalue weighted by Crippen LogP contribution is -2.19. The van der Waals surface area contributed by atoms with Gasteiger partial charge in [-0.25, -0.2) is 14.7 Å². The Balaban J connectivity index is 3.00. The van der Waals surface area contributed by atoms with Gasteiger partial charge in [0.1, 0.15) is 5.82 Å². The van der Waals surface area contributed by atoms with Crippen molar-refractivity contribution in [3.63, 3.8) is 0 Å². The van der Waals surface area contributed by atoms with E-state index in [1.165, 1.54) is 11.5 Å². The van der Waals surface area contributed by atoms with E-state index in [9.17, 15) is 14.0 Å². The number of benzene rings is 1. The van der Waals surface area contributed by atoms with E-state index < -0.39 is 17.7 Å². The third-order valence-electron chi connectivity index (χ3n) is 1.83. The molecule has 0 bridgehead atoms. The molecule has 0 saturated heterocycles. The molecule has 1 aromatic carbocycles. The van der Waals surface area contributed by atoms with Crippen molar-refractivity contribution >= 4 is 11.9 Å². The van der Waals surface area contributed by atoms with Gasteiger partial charge in [0.25, 0.3) is 5.91 Å². The summed E-state index contributed by atoms with van der Waals surface area (Å²) in [5, 5.41) is 8.33. The predicted molar refractivity (Wildman–Crippen MR) is 51.6 cm³/mol. The van der Waals surface area contributed by atoms with Gasteiger partial charge in [-0.2, -0.15) is 0 Å². The van der Waals surface area contributed by atoms with Crippen molar-refractivity contribution in [1.29, 1.82) is 0 Å². The third kappa shape index (κ3) is 2.54. The minimum absolute atomic E-state index is 0.0898. The summed E-state index contributed by atoms with van der Waals surface area (Å²) in [6.45, 7) is 1.74. The molecule has 0 atom stereocenters. The summed E-state index contributed by atoms with van der Waals surface area (Å²) in [4.78, 5) is 22.1. The second-order valence-corrected chi connectivity index (χ2v) is 2.86. The Bertz CT molecular complexity index is 419. The first-order valence-electron chi connectivity index (χ1n) is 4.51. The summed E-state index contributed by atoms with van der Waals surface area (Å²) >= 11 is 0. The van der Waals surface area contributed by atoms with Gasteiger partial charge in [-0.1, -0.05) is 0 Å². The van der Waals surface area contributed by atoms with Gasteiger partial charge in [-0.3, -0.25) is 10.0 Å². The standard InChI is InChI=1S/C10H10FNO4/c1-2-16-10(14)7-4-3-6(5-8(7)11)9(13)12-15/h3-5,15H,2H2,1H3,(H,12,13). The summed E-state index contributed by atoms with van der Waals surface area (Å²) in [6.07, 6.45) is 0. The SMILES string of the molecule is CCOC(=O)c1ccc(C(=O)NO)cc1F. The zero-order chi connectivity index (χ0) is 12.1. The van der Waals surface area contributed by atoms with Crippen LogP contribution in [0.1, 0.15) is 27.6 Å². The highest BCUT2D eigenvalue weighted by Crippen LogP contribution is 2.11. The van der Waals surface area contributed by atoms with Crippen LogP contribution in [0, 0.1) is 5.82 Å². The van der Waals surface area contributed by atoms with Crippen LogP contribution in [0.3, 0.4) is 0 Å². The van der Waals surface area contributed by atoms with Gasteiger partial charge in [0.05, 0.1) is 12.2 Å². The van der Waals surface area contributed by atoms with Crippen LogP contribution in [0.2, 0.25) is 0 Å². The molecule has 0 radical (unpaired) electrons. The zero-order valence-corrected chi connectivity index (χ0v) is 8.49. The number of hydroxylamine groups is 1. The van der Waals surface area contributed by atoms with Crippen LogP contribution >= 0.6 is 0 Å². The lowest BCUT2D eigenvalue weighted by molar-refractivity contribution is 0.0520. The Kier molecular flexibility index (Phi) is 3.96. The molecule has 1 aromatic rings. The fourth-order valence-electron chi connectivity index (χ4n) is 1.10. The molecule has 86 valence electrons. The quantitative estimate of drug-likeness (QED) is 0.461. The lowest BCUT2D eigenvalue weighted by Gasteiger charge is -2.04. The molecule has 6 heteroatoms. The molecular formula is C10H10FNO4. The molecule has 5 nitrogen and oxygen atoms in total. The van der Waals surface area contributed by atoms with Gasteiger partial charge < -0.3 is 4.74 Å². The largest absolute Gasteiger partial charge is 0.462 e. The molecule has 1 amide bonds. The van der Waals surface area contributed by atoms with Crippen molar-refractivity contribution in [3.8, 4) is 0 Å². The normalized spacial score (nSPS) is 9.69. The Morgan fingerprint density at radius 2 is 2.19 bits per heavy atom. The average Bonchev–Trinajstić information content (AvgIpc) is 2.28. The first kappa shape index (κ1) is 12.1. The summed E-state index contributed by atoms with van der Waals surface area (Å²) in [5.41, 5.74) is 1.02. The van der Waals surface area contributed by atoms with Crippen molar-refractivity contribution in [2.75, 3.05) is 6.61 Å². The van der Waals surface area contributed by atoms with Crippen molar-refractivity contribution in [2.24, 2.45) is 0 Å². The summed E-state index contributed by atoms with van der Waals surface area (Å²) in [7, 11) is 0. The molecule has 0 unspecified atom stereocenters. The first-order chi connectivity index (χ1) is 7.60. The number of carbonyl (C=O) groups excluding carboxylic acids is 2. The van der Waals surface area contributed by atoms with E-state index in [1.54, 1.807) is 6.92 Å². The van der Waals surface area contributed by atoms with E-state index in [-0.39, 0.29) is 17.7 Å². The smallest absolute Gasteiger partial charge is 0.341 e. The van der Waals surface area contributed by atoms with E-state index >= 15 is 0 Å². The fourth-order valence-corrected chi connectivity index (χ4v) is 1.10. The van der Waals surface area contributed by atoms with Gasteiger partial charge in [0, 0.05) is 5.56 Å². The van der Waals surface area contributed by atoms with Crippen LogP contribution in [-0.2, 0) is 4.74 Å². The molecule has 16 heavy (non-hydrogen) atoms. The zero-order valence-electron chi connectivity index (χ0n) is 8.49. The number of amides is 1. The van der Waals surface area contributed by atoms with E-state index in [0.717, 1.165) is 12.1 Å². The Hall–Kier alpha value is -1.95. The van der Waals surface area contributed by atoms with Crippen LogP contribution < -0.4 is 5.48 Å². The van der Waals surface area contributed by atoms with Crippen molar-refractivity contribution in [1.82, 2.24) is 5.48 Å². The third-order valence-corrected chi connectivity index (χ3v) is 1.83. The second-order valence-electron chi connectivity index (χ2n) is 2.86.